The number of fused-ring (bicyclic) bond motifs is 1. The number of carbonyl (C=O) groups is 1. The van der Waals surface area contributed by atoms with E-state index in [2.05, 4.69) is 41.2 Å². The van der Waals surface area contributed by atoms with E-state index >= 15 is 0 Å². The Morgan fingerprint density at radius 1 is 1.20 bits per heavy atom. The molecule has 1 fully saturated rings. The first-order chi connectivity index (χ1) is 12.2. The first-order valence-electron chi connectivity index (χ1n) is 8.97. The van der Waals surface area contributed by atoms with Crippen molar-refractivity contribution in [2.24, 2.45) is 0 Å². The average molecular weight is 333 g/mol. The largest absolute Gasteiger partial charge is 0.342 e. The number of imidazole rings is 1. The summed E-state index contributed by atoms with van der Waals surface area (Å²) in [6.07, 6.45) is 2.24. The van der Waals surface area contributed by atoms with Gasteiger partial charge in [0, 0.05) is 31.8 Å². The minimum atomic E-state index is 0.233. The molecule has 1 N–H and O–H groups in total. The van der Waals surface area contributed by atoms with Crippen molar-refractivity contribution in [3.8, 4) is 0 Å². The van der Waals surface area contributed by atoms with E-state index in [1.54, 1.807) is 0 Å². The van der Waals surface area contributed by atoms with Crippen molar-refractivity contribution in [1.82, 2.24) is 14.9 Å². The van der Waals surface area contributed by atoms with Gasteiger partial charge in [-0.15, -0.1) is 0 Å². The molecule has 0 unspecified atom stereocenters. The summed E-state index contributed by atoms with van der Waals surface area (Å²) in [7, 11) is 0. The number of amides is 1. The van der Waals surface area contributed by atoms with Gasteiger partial charge in [0.2, 0.25) is 5.91 Å². The van der Waals surface area contributed by atoms with Crippen molar-refractivity contribution in [2.45, 2.75) is 32.1 Å². The standard InChI is InChI=1S/C21H23N3O/c1-15-6-2-3-7-17(15)16-12-13-24(14-16)21(25)11-10-20-22-18-8-4-5-9-19(18)23-20/h2-9,16H,10-14H2,1H3,(H,22,23)/t16-/m0/s1. The monoisotopic (exact) mass is 333 g/mol. The second-order valence-corrected chi connectivity index (χ2v) is 6.88. The maximum absolute atomic E-state index is 12.6. The summed E-state index contributed by atoms with van der Waals surface area (Å²) in [5, 5.41) is 0. The highest BCUT2D eigenvalue weighted by Gasteiger charge is 2.27. The van der Waals surface area contributed by atoms with E-state index in [0.29, 0.717) is 18.8 Å². The third-order valence-corrected chi connectivity index (χ3v) is 5.18. The van der Waals surface area contributed by atoms with Gasteiger partial charge in [-0.25, -0.2) is 4.98 Å². The van der Waals surface area contributed by atoms with Crippen LogP contribution in [0, 0.1) is 6.92 Å². The van der Waals surface area contributed by atoms with E-state index in [-0.39, 0.29) is 5.91 Å². The number of nitrogens with one attached hydrogen (secondary N) is 1. The number of hydrogen-bond donors (Lipinski definition) is 1. The molecule has 128 valence electrons. The van der Waals surface area contributed by atoms with Crippen LogP contribution in [0.2, 0.25) is 0 Å². The van der Waals surface area contributed by atoms with Crippen LogP contribution in [0.25, 0.3) is 11.0 Å². The summed E-state index contributed by atoms with van der Waals surface area (Å²) in [5.41, 5.74) is 4.70. The van der Waals surface area contributed by atoms with E-state index in [1.807, 2.05) is 29.2 Å². The van der Waals surface area contributed by atoms with Crippen molar-refractivity contribution < 1.29 is 4.79 Å². The van der Waals surface area contributed by atoms with E-state index in [1.165, 1.54) is 11.1 Å². The molecule has 4 nitrogen and oxygen atoms in total. The molecule has 0 spiro atoms. The van der Waals surface area contributed by atoms with Gasteiger partial charge in [0.1, 0.15) is 5.82 Å². The fourth-order valence-corrected chi connectivity index (χ4v) is 3.79. The molecule has 0 radical (unpaired) electrons. The molecule has 1 aromatic heterocycles. The van der Waals surface area contributed by atoms with Crippen LogP contribution in [0.4, 0.5) is 0 Å². The van der Waals surface area contributed by atoms with Crippen LogP contribution >= 0.6 is 0 Å². The van der Waals surface area contributed by atoms with Crippen LogP contribution in [0.3, 0.4) is 0 Å². The summed E-state index contributed by atoms with van der Waals surface area (Å²) in [4.78, 5) is 22.5. The normalized spacial score (nSPS) is 17.3. The van der Waals surface area contributed by atoms with Crippen LogP contribution in [0.15, 0.2) is 48.5 Å². The molecular formula is C21H23N3O. The maximum atomic E-state index is 12.6. The van der Waals surface area contributed by atoms with Crippen LogP contribution in [0.5, 0.6) is 0 Å². The molecule has 2 heterocycles. The second-order valence-electron chi connectivity index (χ2n) is 6.88. The minimum absolute atomic E-state index is 0.233. The van der Waals surface area contributed by atoms with E-state index in [4.69, 9.17) is 0 Å². The molecule has 1 atom stereocenters. The SMILES string of the molecule is Cc1ccccc1[C@H]1CCN(C(=O)CCc2nc3ccccc3[nH]2)C1. The van der Waals surface area contributed by atoms with Crippen molar-refractivity contribution >= 4 is 16.9 Å². The predicted molar refractivity (Wildman–Crippen MR) is 99.5 cm³/mol. The van der Waals surface area contributed by atoms with Crippen LogP contribution in [0.1, 0.15) is 35.7 Å². The molecule has 1 aliphatic heterocycles. The highest BCUT2D eigenvalue weighted by atomic mass is 16.2. The number of H-pyrrole nitrogens is 1. The van der Waals surface area contributed by atoms with Gasteiger partial charge in [-0.05, 0) is 36.6 Å². The number of para-hydroxylation sites is 2. The van der Waals surface area contributed by atoms with Gasteiger partial charge in [-0.1, -0.05) is 36.4 Å². The molecule has 0 saturated carbocycles. The quantitative estimate of drug-likeness (QED) is 0.789. The Kier molecular flexibility index (Phi) is 4.26. The summed E-state index contributed by atoms with van der Waals surface area (Å²) in [6.45, 7) is 3.85. The smallest absolute Gasteiger partial charge is 0.223 e. The number of benzene rings is 2. The lowest BCUT2D eigenvalue weighted by molar-refractivity contribution is -0.130. The number of carbonyl (C=O) groups excluding carboxylic acids is 1. The molecule has 3 aromatic rings. The molecular weight excluding hydrogens is 310 g/mol. The third kappa shape index (κ3) is 3.29. The molecule has 1 aliphatic rings. The minimum Gasteiger partial charge on any atom is -0.342 e. The lowest BCUT2D eigenvalue weighted by Gasteiger charge is -2.17. The van der Waals surface area contributed by atoms with Gasteiger partial charge < -0.3 is 9.88 Å². The van der Waals surface area contributed by atoms with Crippen molar-refractivity contribution in [3.63, 3.8) is 0 Å². The lowest BCUT2D eigenvalue weighted by Crippen LogP contribution is -2.28. The van der Waals surface area contributed by atoms with Crippen molar-refractivity contribution in [1.29, 1.82) is 0 Å². The first-order valence-corrected chi connectivity index (χ1v) is 8.97. The summed E-state index contributed by atoms with van der Waals surface area (Å²) in [5.74, 6) is 1.59. The predicted octanol–water partition coefficient (Wildman–Crippen LogP) is 3.82. The highest BCUT2D eigenvalue weighted by molar-refractivity contribution is 5.77. The number of hydrogen-bond acceptors (Lipinski definition) is 2. The molecule has 25 heavy (non-hydrogen) atoms. The third-order valence-electron chi connectivity index (χ3n) is 5.18. The molecule has 1 saturated heterocycles. The Morgan fingerprint density at radius 3 is 2.84 bits per heavy atom. The fraction of sp³-hybridized carbons (Fsp3) is 0.333. The molecule has 0 bridgehead atoms. The number of aromatic nitrogens is 2. The molecule has 2 aromatic carbocycles. The second kappa shape index (κ2) is 6.71. The highest BCUT2D eigenvalue weighted by Crippen LogP contribution is 2.29. The number of aromatic amines is 1. The van der Waals surface area contributed by atoms with E-state index in [9.17, 15) is 4.79 Å². The van der Waals surface area contributed by atoms with Gasteiger partial charge in [-0.2, -0.15) is 0 Å². The lowest BCUT2D eigenvalue weighted by atomic mass is 9.94. The zero-order valence-electron chi connectivity index (χ0n) is 14.5. The van der Waals surface area contributed by atoms with Gasteiger partial charge in [0.15, 0.2) is 0 Å². The zero-order valence-corrected chi connectivity index (χ0v) is 14.5. The summed E-state index contributed by atoms with van der Waals surface area (Å²) >= 11 is 0. The van der Waals surface area contributed by atoms with Crippen molar-refractivity contribution in [2.75, 3.05) is 13.1 Å². The number of likely N-dealkylation sites (tertiary alicyclic amines) is 1. The number of nitrogens with zero attached hydrogens (tertiary/aromatic N) is 2. The summed E-state index contributed by atoms with van der Waals surface area (Å²) < 4.78 is 0. The Morgan fingerprint density at radius 2 is 2.00 bits per heavy atom. The van der Waals surface area contributed by atoms with Gasteiger partial charge in [0.05, 0.1) is 11.0 Å². The number of rotatable bonds is 4. The van der Waals surface area contributed by atoms with Crippen LogP contribution < -0.4 is 0 Å². The average Bonchev–Trinajstić information content (AvgIpc) is 3.27. The Labute approximate surface area is 147 Å². The van der Waals surface area contributed by atoms with Crippen molar-refractivity contribution in [3.05, 3.63) is 65.5 Å². The van der Waals surface area contributed by atoms with E-state index < -0.39 is 0 Å². The molecule has 4 heteroatoms. The maximum Gasteiger partial charge on any atom is 0.223 e. The van der Waals surface area contributed by atoms with Gasteiger partial charge in [-0.3, -0.25) is 4.79 Å². The Hall–Kier alpha value is -2.62. The Balaban J connectivity index is 1.36. The first kappa shape index (κ1) is 15.9. The zero-order chi connectivity index (χ0) is 17.2. The topological polar surface area (TPSA) is 49.0 Å². The number of aryl methyl sites for hydroxylation is 2. The fourth-order valence-electron chi connectivity index (χ4n) is 3.79. The van der Waals surface area contributed by atoms with Crippen LogP contribution in [-0.2, 0) is 11.2 Å². The Bertz CT molecular complexity index is 866. The van der Waals surface area contributed by atoms with Gasteiger partial charge in [0.25, 0.3) is 0 Å². The molecule has 1 amide bonds. The molecule has 4 rings (SSSR count). The molecule has 0 aliphatic carbocycles. The summed E-state index contributed by atoms with van der Waals surface area (Å²) in [6, 6.07) is 16.5. The van der Waals surface area contributed by atoms with E-state index in [0.717, 1.165) is 36.4 Å². The van der Waals surface area contributed by atoms with Gasteiger partial charge >= 0.3 is 0 Å². The van der Waals surface area contributed by atoms with Crippen LogP contribution in [-0.4, -0.2) is 33.9 Å².